The summed E-state index contributed by atoms with van der Waals surface area (Å²) in [6.07, 6.45) is 3.56. The minimum absolute atomic E-state index is 0.269. The summed E-state index contributed by atoms with van der Waals surface area (Å²) in [4.78, 5) is 3.52. The molecule has 84 valence electrons. The Morgan fingerprint density at radius 2 is 2.12 bits per heavy atom. The van der Waals surface area contributed by atoms with Crippen LogP contribution in [0, 0.1) is 0 Å². The number of hydrogen-bond acceptors (Lipinski definition) is 1. The molecule has 1 aromatic carbocycles. The van der Waals surface area contributed by atoms with Crippen LogP contribution in [0.3, 0.4) is 0 Å². The number of nitrogens with two attached hydrogens (primary N) is 1. The molecule has 1 aliphatic carbocycles. The molecule has 1 heterocycles. The minimum Gasteiger partial charge on any atom is -0.358 e. The molecule has 0 saturated heterocycles. The lowest BCUT2D eigenvalue weighted by atomic mass is 10.0. The van der Waals surface area contributed by atoms with Crippen LogP contribution in [0.2, 0.25) is 0 Å². The zero-order valence-corrected chi connectivity index (χ0v) is 9.72. The average molecular weight is 214 g/mol. The van der Waals surface area contributed by atoms with Crippen LogP contribution in [0.5, 0.6) is 0 Å². The Morgan fingerprint density at radius 3 is 2.75 bits per heavy atom. The molecule has 2 nitrogen and oxygen atoms in total. The fourth-order valence-corrected chi connectivity index (χ4v) is 2.42. The van der Waals surface area contributed by atoms with Crippen LogP contribution in [0.4, 0.5) is 0 Å². The first-order chi connectivity index (χ1) is 7.77. The number of benzene rings is 1. The molecule has 0 unspecified atom stereocenters. The molecule has 0 amide bonds. The van der Waals surface area contributed by atoms with Crippen molar-refractivity contribution in [3.8, 4) is 0 Å². The van der Waals surface area contributed by atoms with E-state index in [2.05, 4.69) is 36.2 Å². The standard InChI is InChI=1S/C14H18N2/c1-2-10-3-4-12-11(7-10)8-13(16-12)14(9-15)5-6-14/h3-4,7-8,16H,2,5-6,9,15H2,1H3. The molecule has 2 heteroatoms. The highest BCUT2D eigenvalue weighted by molar-refractivity contribution is 5.81. The molecular formula is C14H18N2. The first kappa shape index (κ1) is 9.91. The van der Waals surface area contributed by atoms with Crippen LogP contribution in [0.1, 0.15) is 31.0 Å². The molecule has 0 atom stereocenters. The van der Waals surface area contributed by atoms with Gasteiger partial charge in [-0.2, -0.15) is 0 Å². The van der Waals surface area contributed by atoms with E-state index in [9.17, 15) is 0 Å². The lowest BCUT2D eigenvalue weighted by molar-refractivity contribution is 0.686. The van der Waals surface area contributed by atoms with Crippen LogP contribution in [-0.2, 0) is 11.8 Å². The molecule has 16 heavy (non-hydrogen) atoms. The third-order valence-corrected chi connectivity index (χ3v) is 3.91. The van der Waals surface area contributed by atoms with Gasteiger partial charge >= 0.3 is 0 Å². The Balaban J connectivity index is 2.09. The maximum atomic E-state index is 5.86. The SMILES string of the molecule is CCc1ccc2[nH]c(C3(CN)CC3)cc2c1. The van der Waals surface area contributed by atoms with Crippen LogP contribution in [0.25, 0.3) is 10.9 Å². The van der Waals surface area contributed by atoms with E-state index in [0.29, 0.717) is 0 Å². The highest BCUT2D eigenvalue weighted by atomic mass is 14.8. The molecule has 3 rings (SSSR count). The topological polar surface area (TPSA) is 41.8 Å². The van der Waals surface area contributed by atoms with E-state index in [1.165, 1.54) is 35.0 Å². The van der Waals surface area contributed by atoms with E-state index in [-0.39, 0.29) is 5.41 Å². The van der Waals surface area contributed by atoms with Gasteiger partial charge in [-0.1, -0.05) is 13.0 Å². The number of aromatic amines is 1. The Kier molecular flexibility index (Phi) is 2.08. The van der Waals surface area contributed by atoms with Gasteiger partial charge in [-0.15, -0.1) is 0 Å². The van der Waals surface area contributed by atoms with Crippen molar-refractivity contribution in [1.29, 1.82) is 0 Å². The van der Waals surface area contributed by atoms with Gasteiger partial charge in [0.25, 0.3) is 0 Å². The summed E-state index contributed by atoms with van der Waals surface area (Å²) in [5.41, 5.74) is 10.1. The second-order valence-corrected chi connectivity index (χ2v) is 4.94. The van der Waals surface area contributed by atoms with Gasteiger partial charge < -0.3 is 10.7 Å². The van der Waals surface area contributed by atoms with Gasteiger partial charge in [-0.3, -0.25) is 0 Å². The summed E-state index contributed by atoms with van der Waals surface area (Å²) in [7, 11) is 0. The Labute approximate surface area is 95.8 Å². The zero-order valence-electron chi connectivity index (χ0n) is 9.72. The molecule has 0 spiro atoms. The fraction of sp³-hybridized carbons (Fsp3) is 0.429. The molecule has 3 N–H and O–H groups in total. The van der Waals surface area contributed by atoms with Crippen molar-refractivity contribution in [3.63, 3.8) is 0 Å². The van der Waals surface area contributed by atoms with Crippen LogP contribution < -0.4 is 5.73 Å². The molecule has 1 saturated carbocycles. The van der Waals surface area contributed by atoms with Crippen molar-refractivity contribution in [3.05, 3.63) is 35.5 Å². The Hall–Kier alpha value is -1.28. The highest BCUT2D eigenvalue weighted by Gasteiger charge is 2.44. The first-order valence-corrected chi connectivity index (χ1v) is 6.09. The zero-order chi connectivity index (χ0) is 11.2. The first-order valence-electron chi connectivity index (χ1n) is 6.09. The van der Waals surface area contributed by atoms with Gasteiger partial charge in [-0.25, -0.2) is 0 Å². The largest absolute Gasteiger partial charge is 0.358 e. The van der Waals surface area contributed by atoms with E-state index < -0.39 is 0 Å². The number of aromatic nitrogens is 1. The quantitative estimate of drug-likeness (QED) is 0.810. The summed E-state index contributed by atoms with van der Waals surface area (Å²) in [5, 5.41) is 1.33. The average Bonchev–Trinajstić information content (AvgIpc) is 3.01. The number of hydrogen-bond donors (Lipinski definition) is 2. The summed E-state index contributed by atoms with van der Waals surface area (Å²) in [6, 6.07) is 8.95. The number of rotatable bonds is 3. The van der Waals surface area contributed by atoms with Crippen LogP contribution in [0.15, 0.2) is 24.3 Å². The van der Waals surface area contributed by atoms with Gasteiger partial charge in [-0.05, 0) is 48.4 Å². The maximum Gasteiger partial charge on any atom is 0.0456 e. The van der Waals surface area contributed by atoms with Crippen molar-refractivity contribution in [2.75, 3.05) is 6.54 Å². The number of H-pyrrole nitrogens is 1. The lowest BCUT2D eigenvalue weighted by Gasteiger charge is -2.08. The van der Waals surface area contributed by atoms with E-state index in [1.54, 1.807) is 0 Å². The van der Waals surface area contributed by atoms with Gasteiger partial charge in [0, 0.05) is 23.2 Å². The normalized spacial score (nSPS) is 17.9. The molecule has 2 aromatic rings. The van der Waals surface area contributed by atoms with Gasteiger partial charge in [0.15, 0.2) is 0 Å². The minimum atomic E-state index is 0.269. The van der Waals surface area contributed by atoms with Crippen molar-refractivity contribution in [2.45, 2.75) is 31.6 Å². The third kappa shape index (κ3) is 1.37. The fourth-order valence-electron chi connectivity index (χ4n) is 2.42. The summed E-state index contributed by atoms with van der Waals surface area (Å²) in [5.74, 6) is 0. The smallest absolute Gasteiger partial charge is 0.0456 e. The number of aryl methyl sites for hydroxylation is 1. The van der Waals surface area contributed by atoms with Crippen LogP contribution >= 0.6 is 0 Å². The van der Waals surface area contributed by atoms with E-state index in [1.807, 2.05) is 0 Å². The molecule has 0 bridgehead atoms. The molecule has 1 aliphatic rings. The lowest BCUT2D eigenvalue weighted by Crippen LogP contribution is -2.19. The predicted octanol–water partition coefficient (Wildman–Crippen LogP) is 2.72. The van der Waals surface area contributed by atoms with E-state index in [4.69, 9.17) is 5.73 Å². The monoisotopic (exact) mass is 214 g/mol. The van der Waals surface area contributed by atoms with E-state index >= 15 is 0 Å². The third-order valence-electron chi connectivity index (χ3n) is 3.91. The van der Waals surface area contributed by atoms with Gasteiger partial charge in [0.05, 0.1) is 0 Å². The highest BCUT2D eigenvalue weighted by Crippen LogP contribution is 2.47. The predicted molar refractivity (Wildman–Crippen MR) is 67.6 cm³/mol. The molecule has 0 radical (unpaired) electrons. The molecule has 1 aromatic heterocycles. The van der Waals surface area contributed by atoms with Crippen molar-refractivity contribution < 1.29 is 0 Å². The maximum absolute atomic E-state index is 5.86. The van der Waals surface area contributed by atoms with Gasteiger partial charge in [0.1, 0.15) is 0 Å². The van der Waals surface area contributed by atoms with Crippen molar-refractivity contribution in [2.24, 2.45) is 5.73 Å². The summed E-state index contributed by atoms with van der Waals surface area (Å²) in [6.45, 7) is 2.96. The van der Waals surface area contributed by atoms with Gasteiger partial charge in [0.2, 0.25) is 0 Å². The molecule has 1 fully saturated rings. The Bertz CT molecular complexity index is 521. The Morgan fingerprint density at radius 1 is 1.31 bits per heavy atom. The van der Waals surface area contributed by atoms with Crippen molar-refractivity contribution in [1.82, 2.24) is 4.98 Å². The molecular weight excluding hydrogens is 196 g/mol. The summed E-state index contributed by atoms with van der Waals surface area (Å²) >= 11 is 0. The number of fused-ring (bicyclic) bond motifs is 1. The summed E-state index contributed by atoms with van der Waals surface area (Å²) < 4.78 is 0. The van der Waals surface area contributed by atoms with E-state index in [0.717, 1.165) is 13.0 Å². The second kappa shape index (κ2) is 3.36. The van der Waals surface area contributed by atoms with Crippen molar-refractivity contribution >= 4 is 10.9 Å². The number of nitrogens with one attached hydrogen (secondary N) is 1. The second-order valence-electron chi connectivity index (χ2n) is 4.94. The van der Waals surface area contributed by atoms with Crippen LogP contribution in [-0.4, -0.2) is 11.5 Å². The molecule has 0 aliphatic heterocycles.